The highest BCUT2D eigenvalue weighted by Crippen LogP contribution is 2.25. The summed E-state index contributed by atoms with van der Waals surface area (Å²) in [7, 11) is 0. The number of nitrogens with two attached hydrogens (primary N) is 1. The van der Waals surface area contributed by atoms with E-state index in [9.17, 15) is 13.2 Å². The van der Waals surface area contributed by atoms with E-state index in [0.29, 0.717) is 11.5 Å². The number of rotatable bonds is 4. The molecule has 0 aliphatic rings. The van der Waals surface area contributed by atoms with E-state index in [1.165, 1.54) is 24.3 Å². The quantitative estimate of drug-likeness (QED) is 0.537. The minimum atomic E-state index is -4.75. The first-order valence-electron chi connectivity index (χ1n) is 8.37. The minimum Gasteiger partial charge on any atom is -0.406 e. The lowest BCUT2D eigenvalue weighted by Crippen LogP contribution is -2.17. The molecule has 0 atom stereocenters. The van der Waals surface area contributed by atoms with Gasteiger partial charge in [0, 0.05) is 5.69 Å². The summed E-state index contributed by atoms with van der Waals surface area (Å²) in [6.45, 7) is 1.81. The maximum atomic E-state index is 12.3. The van der Waals surface area contributed by atoms with Gasteiger partial charge in [0.15, 0.2) is 0 Å². The summed E-state index contributed by atoms with van der Waals surface area (Å²) in [5.74, 6) is 0.708. The molecule has 4 rings (SSSR count). The minimum absolute atomic E-state index is 0.0216. The van der Waals surface area contributed by atoms with Crippen molar-refractivity contribution in [1.82, 2.24) is 24.5 Å². The van der Waals surface area contributed by atoms with Gasteiger partial charge in [0.2, 0.25) is 17.8 Å². The first-order chi connectivity index (χ1) is 13.8. The van der Waals surface area contributed by atoms with Gasteiger partial charge < -0.3 is 15.8 Å². The number of aryl methyl sites for hydroxylation is 1. The Morgan fingerprint density at radius 1 is 0.966 bits per heavy atom. The second kappa shape index (κ2) is 6.93. The molecule has 4 aromatic rings. The lowest BCUT2D eigenvalue weighted by molar-refractivity contribution is -0.274. The molecule has 0 saturated carbocycles. The van der Waals surface area contributed by atoms with Crippen molar-refractivity contribution in [2.24, 2.45) is 0 Å². The number of fused-ring (bicyclic) bond motifs is 1. The van der Waals surface area contributed by atoms with Gasteiger partial charge in [-0.3, -0.25) is 4.57 Å². The lowest BCUT2D eigenvalue weighted by atomic mass is 10.3. The molecule has 0 saturated heterocycles. The first kappa shape index (κ1) is 18.5. The molecule has 0 aliphatic carbocycles. The maximum absolute atomic E-state index is 12.3. The number of imidazole rings is 1. The van der Waals surface area contributed by atoms with E-state index in [1.54, 1.807) is 4.57 Å². The van der Waals surface area contributed by atoms with Crippen LogP contribution in [-0.4, -0.2) is 30.9 Å². The Labute approximate surface area is 162 Å². The van der Waals surface area contributed by atoms with Gasteiger partial charge in [0.05, 0.1) is 11.0 Å². The number of anilines is 3. The molecule has 0 radical (unpaired) electrons. The molecule has 2 aromatic carbocycles. The van der Waals surface area contributed by atoms with Crippen LogP contribution in [0.15, 0.2) is 48.5 Å². The van der Waals surface area contributed by atoms with Crippen LogP contribution in [0.1, 0.15) is 5.82 Å². The van der Waals surface area contributed by atoms with Gasteiger partial charge >= 0.3 is 6.36 Å². The summed E-state index contributed by atoms with van der Waals surface area (Å²) in [6, 6.07) is 12.6. The highest BCUT2D eigenvalue weighted by atomic mass is 19.4. The Morgan fingerprint density at radius 2 is 1.69 bits per heavy atom. The van der Waals surface area contributed by atoms with E-state index in [0.717, 1.165) is 11.0 Å². The normalized spacial score (nSPS) is 11.6. The van der Waals surface area contributed by atoms with Gasteiger partial charge in [0.25, 0.3) is 0 Å². The number of para-hydroxylation sites is 2. The molecular formula is C18H14F3N7O. The van der Waals surface area contributed by atoms with E-state index in [1.807, 2.05) is 31.2 Å². The van der Waals surface area contributed by atoms with Crippen molar-refractivity contribution in [2.75, 3.05) is 11.1 Å². The van der Waals surface area contributed by atoms with Crippen LogP contribution in [0.3, 0.4) is 0 Å². The van der Waals surface area contributed by atoms with E-state index in [-0.39, 0.29) is 23.6 Å². The molecule has 0 fully saturated rings. The molecule has 0 aliphatic heterocycles. The van der Waals surface area contributed by atoms with E-state index in [4.69, 9.17) is 5.73 Å². The number of alkyl halides is 3. The molecule has 3 N–H and O–H groups in total. The average Bonchev–Trinajstić information content (AvgIpc) is 2.97. The van der Waals surface area contributed by atoms with Crippen molar-refractivity contribution in [3.8, 4) is 11.7 Å². The number of aromatic nitrogens is 5. The van der Waals surface area contributed by atoms with Crippen LogP contribution in [0.25, 0.3) is 17.0 Å². The second-order valence-electron chi connectivity index (χ2n) is 6.00. The number of benzene rings is 2. The van der Waals surface area contributed by atoms with Crippen molar-refractivity contribution < 1.29 is 17.9 Å². The number of hydrogen-bond donors (Lipinski definition) is 2. The van der Waals surface area contributed by atoms with Crippen LogP contribution in [0, 0.1) is 6.92 Å². The number of nitrogens with one attached hydrogen (secondary N) is 1. The third kappa shape index (κ3) is 4.03. The Hall–Kier alpha value is -3.89. The van der Waals surface area contributed by atoms with E-state index in [2.05, 4.69) is 30.0 Å². The van der Waals surface area contributed by atoms with Gasteiger partial charge in [-0.2, -0.15) is 15.0 Å². The molecule has 0 bridgehead atoms. The zero-order valence-electron chi connectivity index (χ0n) is 15.0. The smallest absolute Gasteiger partial charge is 0.406 e. The van der Waals surface area contributed by atoms with Crippen molar-refractivity contribution in [3.63, 3.8) is 0 Å². The van der Waals surface area contributed by atoms with Gasteiger partial charge in [-0.25, -0.2) is 4.98 Å². The van der Waals surface area contributed by atoms with Crippen LogP contribution < -0.4 is 15.8 Å². The fraction of sp³-hybridized carbons (Fsp3) is 0.111. The van der Waals surface area contributed by atoms with Crippen molar-refractivity contribution in [3.05, 3.63) is 54.4 Å². The van der Waals surface area contributed by atoms with Crippen LogP contribution in [0.4, 0.5) is 30.8 Å². The molecule has 29 heavy (non-hydrogen) atoms. The SMILES string of the molecule is Cc1nc2ccccc2n1-c1nc(N)nc(Nc2ccc(OC(F)(F)F)cc2)n1. The number of hydrogen-bond acceptors (Lipinski definition) is 7. The van der Waals surface area contributed by atoms with Crippen LogP contribution in [-0.2, 0) is 0 Å². The summed E-state index contributed by atoms with van der Waals surface area (Å²) in [5, 5.41) is 2.89. The molecule has 0 spiro atoms. The summed E-state index contributed by atoms with van der Waals surface area (Å²) >= 11 is 0. The molecule has 148 valence electrons. The van der Waals surface area contributed by atoms with E-state index < -0.39 is 6.36 Å². The largest absolute Gasteiger partial charge is 0.573 e. The zero-order valence-corrected chi connectivity index (χ0v) is 15.0. The lowest BCUT2D eigenvalue weighted by Gasteiger charge is -2.11. The van der Waals surface area contributed by atoms with Crippen molar-refractivity contribution >= 4 is 28.6 Å². The fourth-order valence-electron chi connectivity index (χ4n) is 2.80. The molecule has 8 nitrogen and oxygen atoms in total. The molecule has 2 heterocycles. The standard InChI is InChI=1S/C18H14F3N7O/c1-10-23-13-4-2-3-5-14(13)28(10)17-26-15(22)25-16(27-17)24-11-6-8-12(9-7-11)29-18(19,20)21/h2-9H,1H3,(H3,22,24,25,26,27). The zero-order chi connectivity index (χ0) is 20.6. The Morgan fingerprint density at radius 3 is 2.41 bits per heavy atom. The third-order valence-corrected chi connectivity index (χ3v) is 3.91. The van der Waals surface area contributed by atoms with Crippen LogP contribution >= 0.6 is 0 Å². The van der Waals surface area contributed by atoms with Gasteiger partial charge in [-0.15, -0.1) is 13.2 Å². The summed E-state index contributed by atoms with van der Waals surface area (Å²) in [4.78, 5) is 17.0. The third-order valence-electron chi connectivity index (χ3n) is 3.91. The number of nitrogens with zero attached hydrogens (tertiary/aromatic N) is 5. The highest BCUT2D eigenvalue weighted by Gasteiger charge is 2.30. The number of halogens is 3. The summed E-state index contributed by atoms with van der Waals surface area (Å²) < 4.78 is 42.4. The maximum Gasteiger partial charge on any atom is 0.573 e. The highest BCUT2D eigenvalue weighted by molar-refractivity contribution is 5.77. The summed E-state index contributed by atoms with van der Waals surface area (Å²) in [5.41, 5.74) is 7.85. The number of nitrogen functional groups attached to an aromatic ring is 1. The Kier molecular flexibility index (Phi) is 4.41. The predicted molar refractivity (Wildman–Crippen MR) is 100 cm³/mol. The Balaban J connectivity index is 1.65. The van der Waals surface area contributed by atoms with Crippen LogP contribution in [0.2, 0.25) is 0 Å². The molecule has 0 unspecified atom stereocenters. The van der Waals surface area contributed by atoms with Gasteiger partial charge in [-0.1, -0.05) is 12.1 Å². The summed E-state index contributed by atoms with van der Waals surface area (Å²) in [6.07, 6.45) is -4.75. The van der Waals surface area contributed by atoms with Gasteiger partial charge in [-0.05, 0) is 43.3 Å². The molecular weight excluding hydrogens is 387 g/mol. The predicted octanol–water partition coefficient (Wildman–Crippen LogP) is 3.74. The van der Waals surface area contributed by atoms with E-state index >= 15 is 0 Å². The molecule has 2 aromatic heterocycles. The van der Waals surface area contributed by atoms with Gasteiger partial charge in [0.1, 0.15) is 11.6 Å². The Bertz CT molecular complexity index is 1170. The molecule has 11 heteroatoms. The van der Waals surface area contributed by atoms with Crippen molar-refractivity contribution in [1.29, 1.82) is 0 Å². The second-order valence-corrected chi connectivity index (χ2v) is 6.00. The van der Waals surface area contributed by atoms with Crippen LogP contribution in [0.5, 0.6) is 5.75 Å². The average molecular weight is 401 g/mol. The van der Waals surface area contributed by atoms with Crippen molar-refractivity contribution in [2.45, 2.75) is 13.3 Å². The first-order valence-corrected chi connectivity index (χ1v) is 8.37. The topological polar surface area (TPSA) is 104 Å². The molecule has 0 amide bonds. The monoisotopic (exact) mass is 401 g/mol. The number of ether oxygens (including phenoxy) is 1. The fourth-order valence-corrected chi connectivity index (χ4v) is 2.80.